The van der Waals surface area contributed by atoms with E-state index in [-0.39, 0.29) is 5.92 Å². The molecule has 0 bridgehead atoms. The van der Waals surface area contributed by atoms with E-state index in [0.29, 0.717) is 6.42 Å². The third-order valence-corrected chi connectivity index (χ3v) is 2.98. The largest absolute Gasteiger partial charge is 0.497 e. The van der Waals surface area contributed by atoms with Crippen LogP contribution in [0.1, 0.15) is 5.56 Å². The highest BCUT2D eigenvalue weighted by atomic mass is 16.5. The molecule has 0 spiro atoms. The molecule has 0 radical (unpaired) electrons. The van der Waals surface area contributed by atoms with Gasteiger partial charge >= 0.3 is 0 Å². The van der Waals surface area contributed by atoms with E-state index in [4.69, 9.17) is 9.84 Å². The molecule has 4 heteroatoms. The summed E-state index contributed by atoms with van der Waals surface area (Å²) in [5, 5.41) is 28.3. The van der Waals surface area contributed by atoms with Crippen LogP contribution in [0.5, 0.6) is 5.75 Å². The van der Waals surface area contributed by atoms with Crippen molar-refractivity contribution in [3.05, 3.63) is 48.2 Å². The first kappa shape index (κ1) is 15.5. The van der Waals surface area contributed by atoms with Gasteiger partial charge in [0.25, 0.3) is 0 Å². The molecular weight excluding hydrogens is 244 g/mol. The summed E-state index contributed by atoms with van der Waals surface area (Å²) in [6.45, 7) is 3.00. The van der Waals surface area contributed by atoms with Gasteiger partial charge in [0.05, 0.1) is 19.8 Å². The van der Waals surface area contributed by atoms with Crippen molar-refractivity contribution in [1.29, 1.82) is 0 Å². The molecule has 0 aliphatic heterocycles. The zero-order valence-electron chi connectivity index (χ0n) is 11.0. The Labute approximate surface area is 113 Å². The van der Waals surface area contributed by atoms with Crippen molar-refractivity contribution in [2.75, 3.05) is 13.7 Å². The molecule has 1 aromatic carbocycles. The van der Waals surface area contributed by atoms with Crippen LogP contribution in [-0.2, 0) is 6.42 Å². The highest BCUT2D eigenvalue weighted by Gasteiger charge is 2.24. The molecule has 0 fully saturated rings. The van der Waals surface area contributed by atoms with Crippen LogP contribution in [0.4, 0.5) is 0 Å². The molecule has 0 aliphatic carbocycles. The average molecular weight is 264 g/mol. The van der Waals surface area contributed by atoms with Crippen LogP contribution >= 0.6 is 0 Å². The molecule has 0 aromatic heterocycles. The van der Waals surface area contributed by atoms with Crippen molar-refractivity contribution >= 4 is 0 Å². The number of methoxy groups -OCH3 is 1. The maximum absolute atomic E-state index is 9.94. The molecule has 19 heavy (non-hydrogen) atoms. The summed E-state index contributed by atoms with van der Waals surface area (Å²) in [6, 6.07) is 7.44. The first-order chi connectivity index (χ1) is 9.12. The smallest absolute Gasteiger partial charge is 0.118 e. The minimum atomic E-state index is -1.17. The summed E-state index contributed by atoms with van der Waals surface area (Å²) in [4.78, 5) is 0. The molecule has 0 saturated carbocycles. The Bertz CT molecular complexity index is 420. The number of aliphatic hydroxyl groups excluding tert-OH is 3. The van der Waals surface area contributed by atoms with Gasteiger partial charge < -0.3 is 20.1 Å². The van der Waals surface area contributed by atoms with Crippen molar-refractivity contribution in [3.63, 3.8) is 0 Å². The molecule has 0 aliphatic rings. The minimum absolute atomic E-state index is 0.354. The Hall–Kier alpha value is -1.58. The lowest BCUT2D eigenvalue weighted by molar-refractivity contribution is -0.0333. The van der Waals surface area contributed by atoms with Crippen molar-refractivity contribution in [2.45, 2.75) is 18.6 Å². The van der Waals surface area contributed by atoms with E-state index in [1.165, 1.54) is 0 Å². The quantitative estimate of drug-likeness (QED) is 0.640. The Morgan fingerprint density at radius 3 is 2.42 bits per heavy atom. The number of hydrogen-bond acceptors (Lipinski definition) is 4. The van der Waals surface area contributed by atoms with E-state index >= 15 is 0 Å². The minimum Gasteiger partial charge on any atom is -0.497 e. The number of rotatable bonds is 7. The van der Waals surface area contributed by atoms with Crippen LogP contribution in [0.15, 0.2) is 42.7 Å². The first-order valence-corrected chi connectivity index (χ1v) is 6.08. The van der Waals surface area contributed by atoms with E-state index in [2.05, 4.69) is 12.3 Å². The van der Waals surface area contributed by atoms with Gasteiger partial charge in [-0.2, -0.15) is 0 Å². The van der Waals surface area contributed by atoms with E-state index in [9.17, 15) is 10.2 Å². The van der Waals surface area contributed by atoms with Gasteiger partial charge in [-0.1, -0.05) is 18.7 Å². The van der Waals surface area contributed by atoms with Gasteiger partial charge in [-0.3, -0.25) is 0 Å². The first-order valence-electron chi connectivity index (χ1n) is 6.08. The molecule has 0 heterocycles. The second-order valence-corrected chi connectivity index (χ2v) is 4.33. The van der Waals surface area contributed by atoms with Crippen molar-refractivity contribution in [1.82, 2.24) is 0 Å². The molecule has 4 nitrogen and oxygen atoms in total. The molecule has 3 N–H and O–H groups in total. The molecule has 104 valence electrons. The lowest BCUT2D eigenvalue weighted by Crippen LogP contribution is -2.36. The van der Waals surface area contributed by atoms with Crippen molar-refractivity contribution in [2.24, 2.45) is 5.92 Å². The number of aliphatic hydroxyl groups is 3. The Morgan fingerprint density at radius 1 is 1.32 bits per heavy atom. The Morgan fingerprint density at radius 2 is 1.95 bits per heavy atom. The predicted octanol–water partition coefficient (Wildman–Crippen LogP) is 0.909. The monoisotopic (exact) mass is 264 g/mol. The highest BCUT2D eigenvalue weighted by Crippen LogP contribution is 2.19. The second kappa shape index (κ2) is 7.77. The van der Waals surface area contributed by atoms with Gasteiger partial charge in [0.15, 0.2) is 0 Å². The predicted molar refractivity (Wildman–Crippen MR) is 73.0 cm³/mol. The van der Waals surface area contributed by atoms with Gasteiger partial charge in [0.1, 0.15) is 11.9 Å². The fourth-order valence-electron chi connectivity index (χ4n) is 1.86. The maximum Gasteiger partial charge on any atom is 0.118 e. The van der Waals surface area contributed by atoms with Crippen LogP contribution in [-0.4, -0.2) is 41.2 Å². The third kappa shape index (κ3) is 4.54. The summed E-state index contributed by atoms with van der Waals surface area (Å²) in [7, 11) is 1.60. The fourth-order valence-corrected chi connectivity index (χ4v) is 1.86. The van der Waals surface area contributed by atoms with Crippen LogP contribution < -0.4 is 4.74 Å². The summed E-state index contributed by atoms with van der Waals surface area (Å²) >= 11 is 0. The number of benzene rings is 1. The molecule has 0 saturated heterocycles. The molecule has 0 amide bonds. The van der Waals surface area contributed by atoms with Crippen molar-refractivity contribution in [3.8, 4) is 5.75 Å². The summed E-state index contributed by atoms with van der Waals surface area (Å²) in [5.74, 6) is 0.406. The van der Waals surface area contributed by atoms with Gasteiger partial charge in [-0.05, 0) is 30.2 Å². The topological polar surface area (TPSA) is 69.9 Å². The maximum atomic E-state index is 9.94. The summed E-state index contributed by atoms with van der Waals surface area (Å²) in [5.41, 5.74) is 3.61. The molecule has 1 rings (SSSR count). The SMILES string of the molecule is C=C=CC(Cc1ccc(OC)cc1)C(O)C(O)CO. The highest BCUT2D eigenvalue weighted by molar-refractivity contribution is 5.27. The van der Waals surface area contributed by atoms with Crippen LogP contribution in [0, 0.1) is 5.92 Å². The second-order valence-electron chi connectivity index (χ2n) is 4.33. The Balaban J connectivity index is 2.79. The number of ether oxygens (including phenoxy) is 1. The average Bonchev–Trinajstić information content (AvgIpc) is 2.46. The normalized spacial score (nSPS) is 15.2. The molecule has 3 unspecified atom stereocenters. The van der Waals surface area contributed by atoms with E-state index < -0.39 is 18.8 Å². The van der Waals surface area contributed by atoms with Crippen LogP contribution in [0.3, 0.4) is 0 Å². The fraction of sp³-hybridized carbons (Fsp3) is 0.400. The summed E-state index contributed by atoms with van der Waals surface area (Å²) in [6.07, 6.45) is -0.104. The van der Waals surface area contributed by atoms with E-state index in [1.807, 2.05) is 24.3 Å². The van der Waals surface area contributed by atoms with Crippen LogP contribution in [0.25, 0.3) is 0 Å². The van der Waals surface area contributed by atoms with Gasteiger partial charge in [-0.15, -0.1) is 5.73 Å². The lowest BCUT2D eigenvalue weighted by Gasteiger charge is -2.23. The third-order valence-electron chi connectivity index (χ3n) is 2.98. The summed E-state index contributed by atoms with van der Waals surface area (Å²) < 4.78 is 5.07. The van der Waals surface area contributed by atoms with Gasteiger partial charge in [-0.25, -0.2) is 0 Å². The molecule has 3 atom stereocenters. The molecule has 1 aromatic rings. The number of hydrogen-bond donors (Lipinski definition) is 3. The lowest BCUT2D eigenvalue weighted by atomic mass is 9.91. The van der Waals surface area contributed by atoms with E-state index in [1.54, 1.807) is 13.2 Å². The standard InChI is InChI=1S/C15H20O4/c1-3-4-12(15(18)14(17)10-16)9-11-5-7-13(19-2)8-6-11/h4-8,12,14-18H,1,9-10H2,2H3. The van der Waals surface area contributed by atoms with E-state index in [0.717, 1.165) is 11.3 Å². The van der Waals surface area contributed by atoms with Gasteiger partial charge in [0, 0.05) is 5.92 Å². The Kier molecular flexibility index (Phi) is 6.33. The molecular formula is C15H20O4. The van der Waals surface area contributed by atoms with Crippen LogP contribution in [0.2, 0.25) is 0 Å². The zero-order valence-corrected chi connectivity index (χ0v) is 11.0. The zero-order chi connectivity index (χ0) is 14.3. The van der Waals surface area contributed by atoms with Crippen molar-refractivity contribution < 1.29 is 20.1 Å². The van der Waals surface area contributed by atoms with Gasteiger partial charge in [0.2, 0.25) is 0 Å².